The third kappa shape index (κ3) is 3.53. The Morgan fingerprint density at radius 3 is 2.89 bits per heavy atom. The van der Waals surface area contributed by atoms with E-state index in [-0.39, 0.29) is 5.91 Å². The molecule has 3 nitrogen and oxygen atoms in total. The van der Waals surface area contributed by atoms with Gasteiger partial charge in [-0.2, -0.15) is 0 Å². The molecule has 0 spiro atoms. The molecule has 1 amide bonds. The summed E-state index contributed by atoms with van der Waals surface area (Å²) in [6.07, 6.45) is 5.05. The van der Waals surface area contributed by atoms with E-state index in [4.69, 9.17) is 0 Å². The van der Waals surface area contributed by atoms with Crippen LogP contribution in [0.2, 0.25) is 0 Å². The Kier molecular flexibility index (Phi) is 3.89. The van der Waals surface area contributed by atoms with Crippen molar-refractivity contribution in [1.29, 1.82) is 0 Å². The monoisotopic (exact) mass is 258 g/mol. The second kappa shape index (κ2) is 5.60. The minimum atomic E-state index is -0.161. The number of anilines is 1. The van der Waals surface area contributed by atoms with Crippen LogP contribution in [0.25, 0.3) is 6.08 Å². The Balaban J connectivity index is 1.99. The Labute approximate surface area is 110 Å². The Hall–Kier alpha value is -1.94. The van der Waals surface area contributed by atoms with Gasteiger partial charge in [0.1, 0.15) is 0 Å². The number of hydrogen-bond acceptors (Lipinski definition) is 3. The average molecular weight is 258 g/mol. The highest BCUT2D eigenvalue weighted by atomic mass is 32.1. The van der Waals surface area contributed by atoms with Crippen LogP contribution in [0.1, 0.15) is 16.0 Å². The van der Waals surface area contributed by atoms with Crippen LogP contribution < -0.4 is 5.32 Å². The third-order valence-electron chi connectivity index (χ3n) is 2.32. The molecule has 0 aliphatic carbocycles. The molecule has 1 heterocycles. The lowest BCUT2D eigenvalue weighted by Crippen LogP contribution is -2.07. The molecule has 0 bridgehead atoms. The predicted molar refractivity (Wildman–Crippen MR) is 75.7 cm³/mol. The molecule has 2 rings (SSSR count). The van der Waals surface area contributed by atoms with Gasteiger partial charge in [-0.25, -0.2) is 4.98 Å². The fourth-order valence-electron chi connectivity index (χ4n) is 1.51. The van der Waals surface area contributed by atoms with E-state index < -0.39 is 0 Å². The SMILES string of the molecule is Cc1cccc(C=CC(=O)Nc2ncc(C)s2)c1. The van der Waals surface area contributed by atoms with Gasteiger partial charge >= 0.3 is 0 Å². The minimum Gasteiger partial charge on any atom is -0.298 e. The van der Waals surface area contributed by atoms with Crippen LogP contribution in [0.15, 0.2) is 36.5 Å². The molecule has 0 saturated carbocycles. The Morgan fingerprint density at radius 1 is 1.39 bits per heavy atom. The van der Waals surface area contributed by atoms with Crippen LogP contribution in [0.5, 0.6) is 0 Å². The van der Waals surface area contributed by atoms with E-state index in [0.717, 1.165) is 10.4 Å². The summed E-state index contributed by atoms with van der Waals surface area (Å²) in [6.45, 7) is 3.98. The highest BCUT2D eigenvalue weighted by molar-refractivity contribution is 7.15. The zero-order valence-corrected chi connectivity index (χ0v) is 11.1. The lowest BCUT2D eigenvalue weighted by molar-refractivity contribution is -0.111. The maximum Gasteiger partial charge on any atom is 0.250 e. The summed E-state index contributed by atoms with van der Waals surface area (Å²) in [5.41, 5.74) is 2.19. The van der Waals surface area contributed by atoms with Crippen molar-refractivity contribution < 1.29 is 4.79 Å². The fourth-order valence-corrected chi connectivity index (χ4v) is 2.17. The normalized spacial score (nSPS) is 10.8. The van der Waals surface area contributed by atoms with Gasteiger partial charge in [-0.15, -0.1) is 11.3 Å². The first-order valence-corrected chi connectivity index (χ1v) is 6.43. The van der Waals surface area contributed by atoms with Crippen molar-refractivity contribution >= 4 is 28.5 Å². The third-order valence-corrected chi connectivity index (χ3v) is 3.15. The van der Waals surface area contributed by atoms with Crippen LogP contribution in [-0.4, -0.2) is 10.9 Å². The summed E-state index contributed by atoms with van der Waals surface area (Å²) in [7, 11) is 0. The number of thiazole rings is 1. The number of aryl methyl sites for hydroxylation is 2. The van der Waals surface area contributed by atoms with Gasteiger partial charge in [0.25, 0.3) is 0 Å². The summed E-state index contributed by atoms with van der Waals surface area (Å²) in [4.78, 5) is 16.8. The summed E-state index contributed by atoms with van der Waals surface area (Å²) in [5.74, 6) is -0.161. The molecule has 0 atom stereocenters. The number of nitrogens with one attached hydrogen (secondary N) is 1. The number of nitrogens with zero attached hydrogens (tertiary/aromatic N) is 1. The first-order valence-electron chi connectivity index (χ1n) is 5.61. The summed E-state index contributed by atoms with van der Waals surface area (Å²) >= 11 is 1.46. The molecule has 0 saturated heterocycles. The van der Waals surface area contributed by atoms with E-state index in [1.165, 1.54) is 23.0 Å². The van der Waals surface area contributed by atoms with Crippen LogP contribution >= 0.6 is 11.3 Å². The second-order valence-electron chi connectivity index (χ2n) is 4.01. The number of carbonyl (C=O) groups excluding carboxylic acids is 1. The van der Waals surface area contributed by atoms with E-state index in [2.05, 4.69) is 10.3 Å². The van der Waals surface area contributed by atoms with Crippen molar-refractivity contribution in [2.75, 3.05) is 5.32 Å². The van der Waals surface area contributed by atoms with Gasteiger partial charge in [-0.1, -0.05) is 29.8 Å². The number of benzene rings is 1. The first kappa shape index (κ1) is 12.5. The number of aromatic nitrogens is 1. The molecular weight excluding hydrogens is 244 g/mol. The van der Waals surface area contributed by atoms with Gasteiger partial charge in [-0.3, -0.25) is 10.1 Å². The van der Waals surface area contributed by atoms with Crippen LogP contribution in [0.4, 0.5) is 5.13 Å². The van der Waals surface area contributed by atoms with Crippen molar-refractivity contribution in [3.05, 3.63) is 52.5 Å². The molecule has 0 fully saturated rings. The lowest BCUT2D eigenvalue weighted by atomic mass is 10.1. The second-order valence-corrected chi connectivity index (χ2v) is 5.25. The van der Waals surface area contributed by atoms with Gasteiger partial charge in [-0.05, 0) is 25.5 Å². The maximum absolute atomic E-state index is 11.6. The number of carbonyl (C=O) groups is 1. The van der Waals surface area contributed by atoms with Crippen LogP contribution in [0.3, 0.4) is 0 Å². The molecule has 1 aromatic heterocycles. The molecule has 92 valence electrons. The molecular formula is C14H14N2OS. The maximum atomic E-state index is 11.6. The molecule has 0 radical (unpaired) electrons. The van der Waals surface area contributed by atoms with Gasteiger partial charge in [0.2, 0.25) is 5.91 Å². The quantitative estimate of drug-likeness (QED) is 0.857. The zero-order chi connectivity index (χ0) is 13.0. The molecule has 0 aliphatic rings. The van der Waals surface area contributed by atoms with Gasteiger partial charge in [0.15, 0.2) is 5.13 Å². The molecule has 1 aromatic carbocycles. The van der Waals surface area contributed by atoms with Crippen molar-refractivity contribution in [3.8, 4) is 0 Å². The smallest absolute Gasteiger partial charge is 0.250 e. The van der Waals surface area contributed by atoms with Crippen LogP contribution in [0, 0.1) is 13.8 Å². The summed E-state index contributed by atoms with van der Waals surface area (Å²) in [6, 6.07) is 7.98. The molecule has 18 heavy (non-hydrogen) atoms. The molecule has 0 aliphatic heterocycles. The zero-order valence-electron chi connectivity index (χ0n) is 10.3. The lowest BCUT2D eigenvalue weighted by Gasteiger charge is -1.97. The van der Waals surface area contributed by atoms with E-state index in [9.17, 15) is 4.79 Å². The van der Waals surface area contributed by atoms with E-state index >= 15 is 0 Å². The Bertz CT molecular complexity index is 587. The van der Waals surface area contributed by atoms with Crippen LogP contribution in [-0.2, 0) is 4.79 Å². The summed E-state index contributed by atoms with van der Waals surface area (Å²) < 4.78 is 0. The Morgan fingerprint density at radius 2 is 2.22 bits per heavy atom. The largest absolute Gasteiger partial charge is 0.298 e. The fraction of sp³-hybridized carbons (Fsp3) is 0.143. The summed E-state index contributed by atoms with van der Waals surface area (Å²) in [5, 5.41) is 3.36. The van der Waals surface area contributed by atoms with Gasteiger partial charge in [0, 0.05) is 17.2 Å². The molecule has 4 heteroatoms. The van der Waals surface area contributed by atoms with Crippen molar-refractivity contribution in [1.82, 2.24) is 4.98 Å². The number of amides is 1. The predicted octanol–water partition coefficient (Wildman–Crippen LogP) is 3.41. The molecule has 0 unspecified atom stereocenters. The van der Waals surface area contributed by atoms with Crippen molar-refractivity contribution in [2.24, 2.45) is 0 Å². The highest BCUT2D eigenvalue weighted by Gasteiger charge is 2.01. The van der Waals surface area contributed by atoms with E-state index in [1.807, 2.05) is 38.1 Å². The van der Waals surface area contributed by atoms with Gasteiger partial charge in [0.05, 0.1) is 0 Å². The standard InChI is InChI=1S/C14H14N2OS/c1-10-4-3-5-12(8-10)6-7-13(17)16-14-15-9-11(2)18-14/h3-9H,1-2H3,(H,15,16,17). The number of hydrogen-bond donors (Lipinski definition) is 1. The first-order chi connectivity index (χ1) is 8.63. The highest BCUT2D eigenvalue weighted by Crippen LogP contribution is 2.16. The number of rotatable bonds is 3. The van der Waals surface area contributed by atoms with Gasteiger partial charge < -0.3 is 0 Å². The van der Waals surface area contributed by atoms with E-state index in [0.29, 0.717) is 5.13 Å². The molecule has 1 N–H and O–H groups in total. The average Bonchev–Trinajstić information content (AvgIpc) is 2.72. The molecule has 2 aromatic rings. The van der Waals surface area contributed by atoms with Crippen molar-refractivity contribution in [2.45, 2.75) is 13.8 Å². The minimum absolute atomic E-state index is 0.161. The topological polar surface area (TPSA) is 42.0 Å². The van der Waals surface area contributed by atoms with E-state index in [1.54, 1.807) is 12.3 Å². The van der Waals surface area contributed by atoms with Crippen molar-refractivity contribution in [3.63, 3.8) is 0 Å².